The van der Waals surface area contributed by atoms with Crippen LogP contribution in [0.3, 0.4) is 0 Å². The first-order valence-electron chi connectivity index (χ1n) is 8.74. The van der Waals surface area contributed by atoms with Gasteiger partial charge in [0.25, 0.3) is 5.91 Å². The first kappa shape index (κ1) is 17.5. The highest BCUT2D eigenvalue weighted by Crippen LogP contribution is 2.31. The molecule has 1 atom stereocenters. The van der Waals surface area contributed by atoms with Gasteiger partial charge in [0.15, 0.2) is 6.61 Å². The number of likely N-dealkylation sites (N-methyl/N-ethyl adjacent to an activating group) is 1. The van der Waals surface area contributed by atoms with Gasteiger partial charge < -0.3 is 19.3 Å². The van der Waals surface area contributed by atoms with Crippen LogP contribution in [-0.4, -0.2) is 65.7 Å². The summed E-state index contributed by atoms with van der Waals surface area (Å²) < 4.78 is 11.3. The number of nitrogens with zero attached hydrogens (tertiary/aromatic N) is 3. The van der Waals surface area contributed by atoms with Crippen molar-refractivity contribution in [3.05, 3.63) is 23.5 Å². The summed E-state index contributed by atoms with van der Waals surface area (Å²) in [6, 6.07) is 3.74. The number of carbonyl (C=O) groups is 2. The molecule has 0 saturated carbocycles. The third-order valence-electron chi connectivity index (χ3n) is 4.79. The Morgan fingerprint density at radius 2 is 2.20 bits per heavy atom. The molecule has 0 aliphatic carbocycles. The Balaban J connectivity index is 1.61. The lowest BCUT2D eigenvalue weighted by Crippen LogP contribution is -2.53. The second kappa shape index (κ2) is 6.90. The van der Waals surface area contributed by atoms with Crippen LogP contribution in [0.15, 0.2) is 12.1 Å². The van der Waals surface area contributed by atoms with E-state index in [2.05, 4.69) is 4.98 Å². The summed E-state index contributed by atoms with van der Waals surface area (Å²) >= 11 is 0. The third-order valence-corrected chi connectivity index (χ3v) is 4.79. The average Bonchev–Trinajstić information content (AvgIpc) is 2.86. The van der Waals surface area contributed by atoms with E-state index < -0.39 is 5.60 Å². The van der Waals surface area contributed by atoms with Crippen LogP contribution in [0.25, 0.3) is 0 Å². The maximum Gasteiger partial charge on any atom is 0.410 e. The lowest BCUT2D eigenvalue weighted by Gasteiger charge is -2.38. The van der Waals surface area contributed by atoms with E-state index in [1.54, 1.807) is 16.8 Å². The molecule has 2 aliphatic rings. The molecule has 7 heteroatoms. The van der Waals surface area contributed by atoms with Gasteiger partial charge in [0.05, 0.1) is 18.8 Å². The maximum absolute atomic E-state index is 12.6. The van der Waals surface area contributed by atoms with Gasteiger partial charge >= 0.3 is 6.09 Å². The van der Waals surface area contributed by atoms with Crippen molar-refractivity contribution in [2.24, 2.45) is 0 Å². The summed E-state index contributed by atoms with van der Waals surface area (Å²) in [7, 11) is 1.72. The molecule has 0 bridgehead atoms. The SMILES string of the molecule is CCc1nc(C)ccc1OCC(=O)N1CCC[C@]2(CN(C)C(=O)O2)C1. The van der Waals surface area contributed by atoms with Crippen LogP contribution in [0.1, 0.15) is 31.2 Å². The standard InChI is InChI=1S/C18H25N3O4/c1-4-14-15(7-6-13(2)19-14)24-10-16(22)21-9-5-8-18(12-21)11-20(3)17(23)25-18/h6-7H,4-5,8-12H2,1-3H3/t18-/m0/s1. The number of likely N-dealkylation sites (tertiary alicyclic amines) is 1. The highest BCUT2D eigenvalue weighted by atomic mass is 16.6. The van der Waals surface area contributed by atoms with Crippen LogP contribution in [0.2, 0.25) is 0 Å². The fourth-order valence-corrected chi connectivity index (χ4v) is 3.53. The number of pyridine rings is 1. The average molecular weight is 347 g/mol. The Bertz CT molecular complexity index is 678. The number of hydrogen-bond acceptors (Lipinski definition) is 5. The molecule has 25 heavy (non-hydrogen) atoms. The zero-order valence-electron chi connectivity index (χ0n) is 15.1. The van der Waals surface area contributed by atoms with Gasteiger partial charge in [-0.2, -0.15) is 0 Å². The van der Waals surface area contributed by atoms with Crippen molar-refractivity contribution in [3.63, 3.8) is 0 Å². The number of carbonyl (C=O) groups excluding carboxylic acids is 2. The summed E-state index contributed by atoms with van der Waals surface area (Å²) in [5, 5.41) is 0. The van der Waals surface area contributed by atoms with Gasteiger partial charge in [0.2, 0.25) is 0 Å². The molecule has 3 rings (SSSR count). The van der Waals surface area contributed by atoms with Gasteiger partial charge in [-0.15, -0.1) is 0 Å². The molecule has 3 heterocycles. The molecule has 0 unspecified atom stereocenters. The van der Waals surface area contributed by atoms with Crippen LogP contribution in [0, 0.1) is 6.92 Å². The van der Waals surface area contributed by atoms with E-state index in [9.17, 15) is 9.59 Å². The first-order chi connectivity index (χ1) is 11.9. The molecule has 2 aliphatic heterocycles. The fourth-order valence-electron chi connectivity index (χ4n) is 3.53. The first-order valence-corrected chi connectivity index (χ1v) is 8.74. The molecule has 136 valence electrons. The Morgan fingerprint density at radius 3 is 2.88 bits per heavy atom. The van der Waals surface area contributed by atoms with Gasteiger partial charge in [-0.25, -0.2) is 4.79 Å². The van der Waals surface area contributed by atoms with Gasteiger partial charge in [0.1, 0.15) is 11.4 Å². The Morgan fingerprint density at radius 1 is 1.40 bits per heavy atom. The molecule has 1 aromatic heterocycles. The fraction of sp³-hybridized carbons (Fsp3) is 0.611. The lowest BCUT2D eigenvalue weighted by molar-refractivity contribution is -0.139. The summed E-state index contributed by atoms with van der Waals surface area (Å²) in [5.41, 5.74) is 1.22. The highest BCUT2D eigenvalue weighted by Gasteiger charge is 2.47. The zero-order valence-corrected chi connectivity index (χ0v) is 15.1. The molecule has 0 radical (unpaired) electrons. The minimum Gasteiger partial charge on any atom is -0.482 e. The largest absolute Gasteiger partial charge is 0.482 e. The number of piperidine rings is 1. The molecule has 2 fully saturated rings. The highest BCUT2D eigenvalue weighted by molar-refractivity contribution is 5.78. The van der Waals surface area contributed by atoms with Crippen molar-refractivity contribution in [2.45, 2.75) is 38.7 Å². The van der Waals surface area contributed by atoms with Crippen LogP contribution in [-0.2, 0) is 16.0 Å². The lowest BCUT2D eigenvalue weighted by atomic mass is 9.93. The topological polar surface area (TPSA) is 72.0 Å². The molecule has 2 saturated heterocycles. The van der Waals surface area contributed by atoms with Gasteiger partial charge in [-0.3, -0.25) is 9.78 Å². The Hall–Kier alpha value is -2.31. The van der Waals surface area contributed by atoms with Gasteiger partial charge in [-0.1, -0.05) is 6.92 Å². The Labute approximate surface area is 147 Å². The molecule has 0 aromatic carbocycles. The minimum absolute atomic E-state index is 0.0302. The number of ether oxygens (including phenoxy) is 2. The molecule has 1 spiro atoms. The van der Waals surface area contributed by atoms with Crippen molar-refractivity contribution in [1.29, 1.82) is 0 Å². The van der Waals surface area contributed by atoms with E-state index in [0.717, 1.165) is 30.7 Å². The summed E-state index contributed by atoms with van der Waals surface area (Å²) in [4.78, 5) is 32.0. The number of aromatic nitrogens is 1. The molecular weight excluding hydrogens is 322 g/mol. The molecule has 2 amide bonds. The monoisotopic (exact) mass is 347 g/mol. The van der Waals surface area contributed by atoms with Crippen molar-refractivity contribution >= 4 is 12.0 Å². The van der Waals surface area contributed by atoms with Gasteiger partial charge in [-0.05, 0) is 38.3 Å². The number of aryl methyl sites for hydroxylation is 2. The summed E-state index contributed by atoms with van der Waals surface area (Å²) in [6.45, 7) is 5.53. The second-order valence-electron chi connectivity index (χ2n) is 6.87. The van der Waals surface area contributed by atoms with Crippen molar-refractivity contribution in [3.8, 4) is 5.75 Å². The number of amides is 2. The maximum atomic E-state index is 12.6. The summed E-state index contributed by atoms with van der Waals surface area (Å²) in [5.74, 6) is 0.563. The predicted molar refractivity (Wildman–Crippen MR) is 91.5 cm³/mol. The van der Waals surface area contributed by atoms with E-state index >= 15 is 0 Å². The molecular formula is C18H25N3O4. The molecule has 7 nitrogen and oxygen atoms in total. The normalized spacial score (nSPS) is 23.1. The Kier molecular flexibility index (Phi) is 4.83. The second-order valence-corrected chi connectivity index (χ2v) is 6.87. The van der Waals surface area contributed by atoms with Crippen LogP contribution in [0.4, 0.5) is 4.79 Å². The molecule has 0 N–H and O–H groups in total. The van der Waals surface area contributed by atoms with Crippen molar-refractivity contribution < 1.29 is 19.1 Å². The minimum atomic E-state index is -0.570. The molecule has 1 aromatic rings. The van der Waals surface area contributed by atoms with E-state index in [0.29, 0.717) is 25.4 Å². The number of rotatable bonds is 4. The zero-order chi connectivity index (χ0) is 18.0. The summed E-state index contributed by atoms with van der Waals surface area (Å²) in [6.07, 6.45) is 2.04. The van der Waals surface area contributed by atoms with Crippen LogP contribution >= 0.6 is 0 Å². The van der Waals surface area contributed by atoms with Crippen molar-refractivity contribution in [1.82, 2.24) is 14.8 Å². The third kappa shape index (κ3) is 3.70. The van der Waals surface area contributed by atoms with E-state index in [1.807, 2.05) is 26.0 Å². The van der Waals surface area contributed by atoms with E-state index in [-0.39, 0.29) is 18.6 Å². The van der Waals surface area contributed by atoms with Crippen molar-refractivity contribution in [2.75, 3.05) is 33.3 Å². The smallest absolute Gasteiger partial charge is 0.410 e. The van der Waals surface area contributed by atoms with Crippen LogP contribution < -0.4 is 4.74 Å². The van der Waals surface area contributed by atoms with E-state index in [4.69, 9.17) is 9.47 Å². The quantitative estimate of drug-likeness (QED) is 0.830. The van der Waals surface area contributed by atoms with Gasteiger partial charge in [0, 0.05) is 19.3 Å². The van der Waals surface area contributed by atoms with Crippen LogP contribution in [0.5, 0.6) is 5.75 Å². The predicted octanol–water partition coefficient (Wildman–Crippen LogP) is 1.77. The van der Waals surface area contributed by atoms with E-state index in [1.165, 1.54) is 0 Å². The number of hydrogen-bond donors (Lipinski definition) is 0.